The fourth-order valence-corrected chi connectivity index (χ4v) is 5.07. The van der Waals surface area contributed by atoms with Crippen molar-refractivity contribution >= 4 is 21.4 Å². The molecule has 5 rings (SSSR count). The van der Waals surface area contributed by atoms with Crippen LogP contribution in [0.5, 0.6) is 23.0 Å². The van der Waals surface area contributed by atoms with Crippen LogP contribution in [0.4, 0.5) is 11.6 Å². The summed E-state index contributed by atoms with van der Waals surface area (Å²) in [6.45, 7) is 2.65. The average Bonchev–Trinajstić information content (AvgIpc) is 3.34. The van der Waals surface area contributed by atoms with E-state index >= 15 is 0 Å². The molecule has 0 unspecified atom stereocenters. The molecular weight excluding hydrogens is 484 g/mol. The monoisotopic (exact) mass is 508 g/mol. The number of fused-ring (bicyclic) bond motifs is 1. The fraction of sp³-hybridized carbons (Fsp3) is 0.192. The number of methoxy groups -OCH3 is 2. The van der Waals surface area contributed by atoms with Crippen molar-refractivity contribution in [1.82, 2.24) is 4.98 Å². The van der Waals surface area contributed by atoms with Gasteiger partial charge < -0.3 is 28.7 Å². The molecular formula is C26H24N2O7S. The number of aromatic nitrogens is 1. The Balaban J connectivity index is 1.63. The van der Waals surface area contributed by atoms with E-state index in [4.69, 9.17) is 23.4 Å². The van der Waals surface area contributed by atoms with Gasteiger partial charge in [0.1, 0.15) is 13.2 Å². The van der Waals surface area contributed by atoms with Crippen LogP contribution >= 0.6 is 0 Å². The first-order valence-electron chi connectivity index (χ1n) is 11.1. The van der Waals surface area contributed by atoms with Crippen molar-refractivity contribution < 1.29 is 31.8 Å². The van der Waals surface area contributed by atoms with E-state index in [-0.39, 0.29) is 21.7 Å². The molecule has 1 aromatic heterocycles. The van der Waals surface area contributed by atoms with Crippen molar-refractivity contribution in [3.05, 3.63) is 66.2 Å². The van der Waals surface area contributed by atoms with Gasteiger partial charge in [0.2, 0.25) is 26.6 Å². The van der Waals surface area contributed by atoms with Crippen LogP contribution in [0.3, 0.4) is 0 Å². The largest absolute Gasteiger partial charge is 0.493 e. The number of anilines is 2. The third-order valence-electron chi connectivity index (χ3n) is 5.70. The lowest BCUT2D eigenvalue weighted by molar-refractivity contribution is 0.171. The number of sulfone groups is 1. The molecule has 4 aromatic rings. The second-order valence-corrected chi connectivity index (χ2v) is 9.84. The number of hydrogen-bond acceptors (Lipinski definition) is 9. The summed E-state index contributed by atoms with van der Waals surface area (Å²) in [4.78, 5) is 4.42. The number of ether oxygens (including phenoxy) is 4. The SMILES string of the molecule is COc1ccc(-c2nc(S(=O)(=O)c3ccc4c(c3)OCCO4)c(Nc3ccccc3C)o2)cc1OC. The van der Waals surface area contributed by atoms with Crippen LogP contribution in [-0.2, 0) is 9.84 Å². The Morgan fingerprint density at radius 1 is 0.889 bits per heavy atom. The molecule has 0 fully saturated rings. The molecule has 0 bridgehead atoms. The van der Waals surface area contributed by atoms with E-state index in [1.807, 2.05) is 31.2 Å². The Bertz CT molecular complexity index is 1530. The second kappa shape index (κ2) is 9.46. The van der Waals surface area contributed by atoms with E-state index in [0.29, 0.717) is 47.5 Å². The first kappa shape index (κ1) is 23.6. The van der Waals surface area contributed by atoms with Crippen molar-refractivity contribution in [3.8, 4) is 34.5 Å². The second-order valence-electron chi connectivity index (χ2n) is 7.97. The van der Waals surface area contributed by atoms with Crippen LogP contribution in [0.1, 0.15) is 5.56 Å². The Labute approximate surface area is 208 Å². The molecule has 10 heteroatoms. The van der Waals surface area contributed by atoms with Crippen molar-refractivity contribution in [1.29, 1.82) is 0 Å². The normalized spacial score (nSPS) is 12.8. The van der Waals surface area contributed by atoms with Gasteiger partial charge in [-0.2, -0.15) is 4.98 Å². The van der Waals surface area contributed by atoms with Crippen LogP contribution < -0.4 is 24.3 Å². The molecule has 2 heterocycles. The number of para-hydroxylation sites is 1. The number of aryl methyl sites for hydroxylation is 1. The number of hydrogen-bond donors (Lipinski definition) is 1. The highest BCUT2D eigenvalue weighted by Crippen LogP contribution is 2.39. The van der Waals surface area contributed by atoms with Gasteiger partial charge in [-0.15, -0.1) is 0 Å². The van der Waals surface area contributed by atoms with Crippen LogP contribution in [-0.4, -0.2) is 40.8 Å². The van der Waals surface area contributed by atoms with Gasteiger partial charge in [0.05, 0.1) is 19.1 Å². The summed E-state index contributed by atoms with van der Waals surface area (Å²) in [5, 5.41) is 2.84. The van der Waals surface area contributed by atoms with Gasteiger partial charge in [-0.05, 0) is 48.9 Å². The van der Waals surface area contributed by atoms with E-state index in [1.165, 1.54) is 26.4 Å². The van der Waals surface area contributed by atoms with Crippen molar-refractivity contribution in [2.24, 2.45) is 0 Å². The minimum atomic E-state index is -4.11. The Morgan fingerprint density at radius 2 is 1.64 bits per heavy atom. The smallest absolute Gasteiger partial charge is 0.238 e. The minimum absolute atomic E-state index is 0.00625. The lowest BCUT2D eigenvalue weighted by Gasteiger charge is -2.18. The number of nitrogens with zero attached hydrogens (tertiary/aromatic N) is 1. The zero-order valence-corrected chi connectivity index (χ0v) is 20.7. The fourth-order valence-electron chi connectivity index (χ4n) is 3.80. The lowest BCUT2D eigenvalue weighted by Crippen LogP contribution is -2.16. The van der Waals surface area contributed by atoms with Crippen LogP contribution in [0.15, 0.2) is 75.0 Å². The van der Waals surface area contributed by atoms with Crippen molar-refractivity contribution in [2.75, 3.05) is 32.8 Å². The first-order chi connectivity index (χ1) is 17.4. The molecule has 0 saturated heterocycles. The molecule has 186 valence electrons. The molecule has 3 aromatic carbocycles. The Hall–Kier alpha value is -4.18. The number of nitrogens with one attached hydrogen (secondary N) is 1. The first-order valence-corrected chi connectivity index (χ1v) is 12.6. The van der Waals surface area contributed by atoms with Gasteiger partial charge in [0.15, 0.2) is 23.0 Å². The maximum Gasteiger partial charge on any atom is 0.238 e. The summed E-state index contributed by atoms with van der Waals surface area (Å²) in [5.41, 5.74) is 2.11. The average molecular weight is 509 g/mol. The van der Waals surface area contributed by atoms with E-state index in [9.17, 15) is 8.42 Å². The molecule has 0 aliphatic carbocycles. The van der Waals surface area contributed by atoms with Gasteiger partial charge in [-0.1, -0.05) is 18.2 Å². The number of oxazole rings is 1. The van der Waals surface area contributed by atoms with E-state index in [1.54, 1.807) is 24.3 Å². The van der Waals surface area contributed by atoms with E-state index in [0.717, 1.165) is 5.56 Å². The summed E-state index contributed by atoms with van der Waals surface area (Å²) in [7, 11) is -1.06. The standard InChI is InChI=1S/C26H24N2O7S/c1-16-6-4-5-7-19(16)27-25-26(28-24(35-25)17-8-10-20(31-2)22(14-17)32-3)36(29,30)18-9-11-21-23(15-18)34-13-12-33-21/h4-11,14-15,27H,12-13H2,1-3H3. The van der Waals surface area contributed by atoms with E-state index < -0.39 is 9.84 Å². The Kier molecular flexibility index (Phi) is 6.19. The predicted octanol–water partition coefficient (Wildman–Crippen LogP) is 5.01. The van der Waals surface area contributed by atoms with Crippen molar-refractivity contribution in [2.45, 2.75) is 16.8 Å². The number of rotatable bonds is 7. The third kappa shape index (κ3) is 4.31. The summed E-state index contributed by atoms with van der Waals surface area (Å²) < 4.78 is 55.4. The minimum Gasteiger partial charge on any atom is -0.493 e. The third-order valence-corrected chi connectivity index (χ3v) is 7.36. The number of benzene rings is 3. The maximum atomic E-state index is 13.8. The van der Waals surface area contributed by atoms with Crippen LogP contribution in [0.2, 0.25) is 0 Å². The summed E-state index contributed by atoms with van der Waals surface area (Å²) in [5.74, 6) is 1.92. The van der Waals surface area contributed by atoms with Gasteiger partial charge in [0, 0.05) is 17.3 Å². The Morgan fingerprint density at radius 3 is 2.39 bits per heavy atom. The highest BCUT2D eigenvalue weighted by Gasteiger charge is 2.30. The highest BCUT2D eigenvalue weighted by molar-refractivity contribution is 7.91. The molecule has 1 N–H and O–H groups in total. The summed E-state index contributed by atoms with van der Waals surface area (Å²) in [6, 6.07) is 17.0. The topological polar surface area (TPSA) is 109 Å². The molecule has 0 saturated carbocycles. The molecule has 1 aliphatic heterocycles. The van der Waals surface area contributed by atoms with Crippen LogP contribution in [0.25, 0.3) is 11.5 Å². The molecule has 1 aliphatic rings. The molecule has 0 amide bonds. The van der Waals surface area contributed by atoms with Gasteiger partial charge in [-0.3, -0.25) is 0 Å². The summed E-state index contributed by atoms with van der Waals surface area (Å²) >= 11 is 0. The zero-order valence-electron chi connectivity index (χ0n) is 19.9. The van der Waals surface area contributed by atoms with Crippen molar-refractivity contribution in [3.63, 3.8) is 0 Å². The summed E-state index contributed by atoms with van der Waals surface area (Å²) in [6.07, 6.45) is 0. The van der Waals surface area contributed by atoms with Gasteiger partial charge in [0.25, 0.3) is 0 Å². The van der Waals surface area contributed by atoms with Gasteiger partial charge >= 0.3 is 0 Å². The zero-order chi connectivity index (χ0) is 25.3. The molecule has 0 radical (unpaired) electrons. The molecule has 9 nitrogen and oxygen atoms in total. The quantitative estimate of drug-likeness (QED) is 0.368. The van der Waals surface area contributed by atoms with E-state index in [2.05, 4.69) is 10.3 Å². The molecule has 36 heavy (non-hydrogen) atoms. The lowest BCUT2D eigenvalue weighted by atomic mass is 10.2. The predicted molar refractivity (Wildman–Crippen MR) is 132 cm³/mol. The van der Waals surface area contributed by atoms with Gasteiger partial charge in [-0.25, -0.2) is 8.42 Å². The molecule has 0 spiro atoms. The highest BCUT2D eigenvalue weighted by atomic mass is 32.2. The maximum absolute atomic E-state index is 13.8. The van der Waals surface area contributed by atoms with Crippen LogP contribution in [0, 0.1) is 6.92 Å². The molecule has 0 atom stereocenters.